The molecule has 3 aromatic heterocycles. The summed E-state index contributed by atoms with van der Waals surface area (Å²) in [6.45, 7) is 4.24. The van der Waals surface area contributed by atoms with Crippen LogP contribution in [-0.2, 0) is 12.7 Å². The van der Waals surface area contributed by atoms with Gasteiger partial charge < -0.3 is 5.32 Å². The minimum absolute atomic E-state index is 0.0215. The molecule has 7 nitrogen and oxygen atoms in total. The van der Waals surface area contributed by atoms with Crippen LogP contribution in [0.25, 0.3) is 16.9 Å². The number of hydrogen-bond acceptors (Lipinski definition) is 4. The van der Waals surface area contributed by atoms with Crippen LogP contribution >= 0.6 is 0 Å². The van der Waals surface area contributed by atoms with E-state index >= 15 is 0 Å². The molecule has 0 fully saturated rings. The number of amides is 1. The highest BCUT2D eigenvalue weighted by molar-refractivity contribution is 6.03. The van der Waals surface area contributed by atoms with Crippen molar-refractivity contribution in [2.45, 2.75) is 26.6 Å². The van der Waals surface area contributed by atoms with Gasteiger partial charge in [-0.2, -0.15) is 23.4 Å². The number of alkyl halides is 3. The lowest BCUT2D eigenvalue weighted by atomic mass is 10.1. The van der Waals surface area contributed by atoms with E-state index < -0.39 is 23.6 Å². The summed E-state index contributed by atoms with van der Waals surface area (Å²) < 4.78 is 56.4. The van der Waals surface area contributed by atoms with Crippen molar-refractivity contribution in [3.05, 3.63) is 65.5 Å². The average Bonchev–Trinajstić information content (AvgIpc) is 3.30. The zero-order chi connectivity index (χ0) is 22.3. The van der Waals surface area contributed by atoms with Crippen LogP contribution in [0.3, 0.4) is 0 Å². The number of hydrogen-bond donors (Lipinski definition) is 1. The molecule has 0 atom stereocenters. The number of nitrogens with one attached hydrogen (secondary N) is 1. The third-order valence-corrected chi connectivity index (χ3v) is 4.74. The van der Waals surface area contributed by atoms with Gasteiger partial charge in [-0.15, -0.1) is 0 Å². The van der Waals surface area contributed by atoms with Gasteiger partial charge in [0.1, 0.15) is 5.82 Å². The number of halogens is 4. The molecule has 0 aliphatic rings. The number of nitrogens with zero attached hydrogens (tertiary/aromatic N) is 5. The van der Waals surface area contributed by atoms with Gasteiger partial charge in [0.25, 0.3) is 5.91 Å². The van der Waals surface area contributed by atoms with E-state index in [-0.39, 0.29) is 17.0 Å². The molecule has 1 amide bonds. The van der Waals surface area contributed by atoms with Crippen LogP contribution in [0, 0.1) is 12.7 Å². The standard InChI is InChI=1S/C20H16F4N6O/c1-3-29-11(2)16(10-25-29)27-19(31)15-9-18-26-14(12-4-6-13(21)7-5-12)8-17(20(22,23)24)30(18)28-15/h4-10H,3H2,1-2H3,(H,27,31). The summed E-state index contributed by atoms with van der Waals surface area (Å²) in [5.41, 5.74) is -0.104. The fourth-order valence-electron chi connectivity index (χ4n) is 3.13. The number of aromatic nitrogens is 5. The lowest BCUT2D eigenvalue weighted by molar-refractivity contribution is -0.142. The highest BCUT2D eigenvalue weighted by atomic mass is 19.4. The number of anilines is 1. The van der Waals surface area contributed by atoms with Gasteiger partial charge in [0.15, 0.2) is 17.0 Å². The molecule has 0 bridgehead atoms. The molecule has 0 saturated carbocycles. The molecule has 1 aromatic carbocycles. The Kier molecular flexibility index (Phi) is 4.96. The third-order valence-electron chi connectivity index (χ3n) is 4.74. The molecular formula is C20H16F4N6O. The van der Waals surface area contributed by atoms with Gasteiger partial charge in [0.05, 0.1) is 23.3 Å². The van der Waals surface area contributed by atoms with Gasteiger partial charge in [-0.05, 0) is 44.2 Å². The van der Waals surface area contributed by atoms with E-state index in [9.17, 15) is 22.4 Å². The SMILES string of the molecule is CCn1ncc(NC(=O)c2cc3nc(-c4ccc(F)cc4)cc(C(F)(F)F)n3n2)c1C. The predicted molar refractivity (Wildman–Crippen MR) is 104 cm³/mol. The molecule has 0 saturated heterocycles. The van der Waals surface area contributed by atoms with Gasteiger partial charge in [0, 0.05) is 18.2 Å². The summed E-state index contributed by atoms with van der Waals surface area (Å²) >= 11 is 0. The van der Waals surface area contributed by atoms with Crippen molar-refractivity contribution in [3.63, 3.8) is 0 Å². The summed E-state index contributed by atoms with van der Waals surface area (Å²) in [6, 6.07) is 6.88. The highest BCUT2D eigenvalue weighted by Crippen LogP contribution is 2.32. The van der Waals surface area contributed by atoms with Crippen LogP contribution in [0.15, 0.2) is 42.6 Å². The molecule has 0 aliphatic heterocycles. The Morgan fingerprint density at radius 2 is 1.87 bits per heavy atom. The maximum Gasteiger partial charge on any atom is 0.433 e. The Bertz CT molecular complexity index is 1270. The van der Waals surface area contributed by atoms with E-state index in [2.05, 4.69) is 20.5 Å². The minimum atomic E-state index is -4.76. The van der Waals surface area contributed by atoms with Crippen LogP contribution in [0.2, 0.25) is 0 Å². The quantitative estimate of drug-likeness (QED) is 0.487. The largest absolute Gasteiger partial charge is 0.433 e. The molecule has 1 N–H and O–H groups in total. The summed E-state index contributed by atoms with van der Waals surface area (Å²) in [4.78, 5) is 16.8. The molecule has 4 aromatic rings. The number of rotatable bonds is 4. The number of benzene rings is 1. The van der Waals surface area contributed by atoms with E-state index in [1.54, 1.807) is 11.6 Å². The third kappa shape index (κ3) is 3.86. The zero-order valence-corrected chi connectivity index (χ0v) is 16.4. The first-order valence-electron chi connectivity index (χ1n) is 9.25. The first kappa shape index (κ1) is 20.5. The summed E-state index contributed by atoms with van der Waals surface area (Å²) in [6.07, 6.45) is -3.30. The molecule has 0 unspecified atom stereocenters. The molecular weight excluding hydrogens is 416 g/mol. The smallest absolute Gasteiger partial charge is 0.318 e. The highest BCUT2D eigenvalue weighted by Gasteiger charge is 2.35. The molecule has 0 radical (unpaired) electrons. The van der Waals surface area contributed by atoms with E-state index in [0.717, 1.165) is 24.3 Å². The predicted octanol–water partition coefficient (Wildman–Crippen LogP) is 4.33. The van der Waals surface area contributed by atoms with Crippen LogP contribution in [0.5, 0.6) is 0 Å². The van der Waals surface area contributed by atoms with Crippen molar-refractivity contribution >= 4 is 17.2 Å². The van der Waals surface area contributed by atoms with Crippen molar-refractivity contribution < 1.29 is 22.4 Å². The van der Waals surface area contributed by atoms with Crippen molar-refractivity contribution in [2.24, 2.45) is 0 Å². The Hall–Kier alpha value is -3.76. The van der Waals surface area contributed by atoms with E-state index in [1.807, 2.05) is 6.92 Å². The van der Waals surface area contributed by atoms with Crippen LogP contribution in [0.1, 0.15) is 28.8 Å². The fraction of sp³-hybridized carbons (Fsp3) is 0.200. The monoisotopic (exact) mass is 432 g/mol. The Labute approximate surface area is 173 Å². The zero-order valence-electron chi connectivity index (χ0n) is 16.4. The van der Waals surface area contributed by atoms with Crippen molar-refractivity contribution in [3.8, 4) is 11.3 Å². The fourth-order valence-corrected chi connectivity index (χ4v) is 3.13. The van der Waals surface area contributed by atoms with Crippen molar-refractivity contribution in [1.29, 1.82) is 0 Å². The lowest BCUT2D eigenvalue weighted by Crippen LogP contribution is -2.16. The minimum Gasteiger partial charge on any atom is -0.318 e. The topological polar surface area (TPSA) is 77.1 Å². The molecule has 31 heavy (non-hydrogen) atoms. The van der Waals surface area contributed by atoms with E-state index in [0.29, 0.717) is 28.0 Å². The number of carbonyl (C=O) groups is 1. The van der Waals surface area contributed by atoms with Crippen LogP contribution in [-0.4, -0.2) is 30.3 Å². The Morgan fingerprint density at radius 1 is 1.16 bits per heavy atom. The van der Waals surface area contributed by atoms with Crippen LogP contribution < -0.4 is 5.32 Å². The van der Waals surface area contributed by atoms with Gasteiger partial charge >= 0.3 is 6.18 Å². The maximum atomic E-state index is 13.7. The second-order valence-corrected chi connectivity index (χ2v) is 6.74. The summed E-state index contributed by atoms with van der Waals surface area (Å²) in [7, 11) is 0. The first-order chi connectivity index (χ1) is 14.7. The molecule has 160 valence electrons. The second-order valence-electron chi connectivity index (χ2n) is 6.74. The van der Waals surface area contributed by atoms with Crippen molar-refractivity contribution in [1.82, 2.24) is 24.4 Å². The molecule has 0 spiro atoms. The molecule has 0 aliphatic carbocycles. The summed E-state index contributed by atoms with van der Waals surface area (Å²) in [5.74, 6) is -1.22. The Balaban J connectivity index is 1.77. The Morgan fingerprint density at radius 3 is 2.48 bits per heavy atom. The second kappa shape index (κ2) is 7.49. The molecule has 3 heterocycles. The van der Waals surface area contributed by atoms with E-state index in [1.165, 1.54) is 18.3 Å². The van der Waals surface area contributed by atoms with E-state index in [4.69, 9.17) is 0 Å². The number of fused-ring (bicyclic) bond motifs is 1. The van der Waals surface area contributed by atoms with Gasteiger partial charge in [0.2, 0.25) is 0 Å². The summed E-state index contributed by atoms with van der Waals surface area (Å²) in [5, 5.41) is 10.5. The number of carbonyl (C=O) groups excluding carboxylic acids is 1. The van der Waals surface area contributed by atoms with Gasteiger partial charge in [-0.25, -0.2) is 13.9 Å². The first-order valence-corrected chi connectivity index (χ1v) is 9.25. The molecule has 4 rings (SSSR count). The van der Waals surface area contributed by atoms with Gasteiger partial charge in [-0.1, -0.05) is 0 Å². The van der Waals surface area contributed by atoms with Crippen LogP contribution in [0.4, 0.5) is 23.2 Å². The van der Waals surface area contributed by atoms with Crippen molar-refractivity contribution in [2.75, 3.05) is 5.32 Å². The lowest BCUT2D eigenvalue weighted by Gasteiger charge is -2.11. The normalized spacial score (nSPS) is 11.8. The van der Waals surface area contributed by atoms with Gasteiger partial charge in [-0.3, -0.25) is 9.48 Å². The average molecular weight is 432 g/mol. The maximum absolute atomic E-state index is 13.7. The molecule has 11 heteroatoms. The number of aryl methyl sites for hydroxylation is 1.